The number of carbonyl (C=O) groups excluding carboxylic acids is 1. The number of rotatable bonds is 6. The van der Waals surface area contributed by atoms with E-state index in [0.29, 0.717) is 6.42 Å². The van der Waals surface area contributed by atoms with Crippen LogP contribution in [0.25, 0.3) is 0 Å². The summed E-state index contributed by atoms with van der Waals surface area (Å²) in [6.45, 7) is 9.07. The van der Waals surface area contributed by atoms with Gasteiger partial charge in [-0.05, 0) is 34.1 Å². The molecule has 0 rings (SSSR count). The number of nitrogens with one attached hydrogen (secondary N) is 1. The third kappa shape index (κ3) is 7.92. The van der Waals surface area contributed by atoms with Crippen molar-refractivity contribution in [3.63, 3.8) is 0 Å². The fourth-order valence-corrected chi connectivity index (χ4v) is 1.65. The van der Waals surface area contributed by atoms with Crippen LogP contribution in [0.5, 0.6) is 0 Å². The summed E-state index contributed by atoms with van der Waals surface area (Å²) >= 11 is 0. The number of carbonyl (C=O) groups is 2. The third-order valence-electron chi connectivity index (χ3n) is 2.43. The lowest BCUT2D eigenvalue weighted by molar-refractivity contribution is -0.138. The number of aliphatic carboxylic acids is 1. The number of hydrogen-bond acceptors (Lipinski definition) is 3. The van der Waals surface area contributed by atoms with Crippen LogP contribution in [0.1, 0.15) is 60.3 Å². The molecule has 0 aliphatic heterocycles. The highest BCUT2D eigenvalue weighted by molar-refractivity contribution is 5.72. The number of amides is 1. The minimum Gasteiger partial charge on any atom is -0.481 e. The maximum atomic E-state index is 11.7. The molecule has 0 aliphatic rings. The molecule has 0 spiro atoms. The van der Waals surface area contributed by atoms with Crippen LogP contribution >= 0.6 is 0 Å². The molecule has 0 aromatic carbocycles. The Kier molecular flexibility index (Phi) is 6.15. The lowest BCUT2D eigenvalue weighted by Crippen LogP contribution is -2.49. The molecule has 2 N–H and O–H groups in total. The third-order valence-corrected chi connectivity index (χ3v) is 2.43. The van der Waals surface area contributed by atoms with E-state index < -0.39 is 23.2 Å². The van der Waals surface area contributed by atoms with Crippen molar-refractivity contribution in [3.05, 3.63) is 0 Å². The SMILES string of the molecule is CCCCC(C)(CC(=O)O)NC(=O)OC(C)(C)C. The molecule has 5 heteroatoms. The quantitative estimate of drug-likeness (QED) is 0.769. The topological polar surface area (TPSA) is 75.6 Å². The predicted octanol–water partition coefficient (Wildman–Crippen LogP) is 2.93. The van der Waals surface area contributed by atoms with Gasteiger partial charge in [-0.2, -0.15) is 0 Å². The first kappa shape index (κ1) is 16.7. The van der Waals surface area contributed by atoms with Gasteiger partial charge in [0.15, 0.2) is 0 Å². The molecule has 0 aromatic rings. The van der Waals surface area contributed by atoms with Crippen LogP contribution in [-0.2, 0) is 9.53 Å². The van der Waals surface area contributed by atoms with Crippen LogP contribution in [0, 0.1) is 0 Å². The summed E-state index contributed by atoms with van der Waals surface area (Å²) in [5, 5.41) is 11.6. The number of carboxylic acid groups (broad SMARTS) is 1. The number of alkyl carbamates (subject to hydrolysis) is 1. The smallest absolute Gasteiger partial charge is 0.408 e. The Morgan fingerprint density at radius 3 is 2.17 bits per heavy atom. The Hall–Kier alpha value is -1.26. The van der Waals surface area contributed by atoms with E-state index in [0.717, 1.165) is 12.8 Å². The molecule has 0 radical (unpaired) electrons. The predicted molar refractivity (Wildman–Crippen MR) is 69.6 cm³/mol. The highest BCUT2D eigenvalue weighted by Gasteiger charge is 2.30. The molecule has 0 heterocycles. The first-order valence-corrected chi connectivity index (χ1v) is 6.31. The largest absolute Gasteiger partial charge is 0.481 e. The van der Waals surface area contributed by atoms with E-state index in [9.17, 15) is 9.59 Å². The maximum Gasteiger partial charge on any atom is 0.408 e. The molecular formula is C13H25NO4. The van der Waals surface area contributed by atoms with E-state index in [-0.39, 0.29) is 6.42 Å². The lowest BCUT2D eigenvalue weighted by atomic mass is 9.91. The van der Waals surface area contributed by atoms with Crippen molar-refractivity contribution in [2.75, 3.05) is 0 Å². The van der Waals surface area contributed by atoms with Crippen LogP contribution in [0.4, 0.5) is 4.79 Å². The second-order valence-corrected chi connectivity index (χ2v) is 5.86. The first-order valence-electron chi connectivity index (χ1n) is 6.31. The van der Waals surface area contributed by atoms with Crippen molar-refractivity contribution in [1.82, 2.24) is 5.32 Å². The van der Waals surface area contributed by atoms with Crippen LogP contribution < -0.4 is 5.32 Å². The van der Waals surface area contributed by atoms with Crippen molar-refractivity contribution < 1.29 is 19.4 Å². The first-order chi connectivity index (χ1) is 8.08. The standard InChI is InChI=1S/C13H25NO4/c1-6-7-8-13(5,9-10(15)16)14-11(17)18-12(2,3)4/h6-9H2,1-5H3,(H,14,17)(H,15,16). The molecule has 0 saturated heterocycles. The van der Waals surface area contributed by atoms with Crippen LogP contribution in [0.3, 0.4) is 0 Å². The van der Waals surface area contributed by atoms with Gasteiger partial charge in [-0.3, -0.25) is 4.79 Å². The second-order valence-electron chi connectivity index (χ2n) is 5.86. The van der Waals surface area contributed by atoms with E-state index in [1.165, 1.54) is 0 Å². The van der Waals surface area contributed by atoms with Crippen molar-refractivity contribution >= 4 is 12.1 Å². The molecule has 5 nitrogen and oxygen atoms in total. The zero-order chi connectivity index (χ0) is 14.4. The minimum atomic E-state index is -0.926. The minimum absolute atomic E-state index is 0.105. The second kappa shape index (κ2) is 6.61. The summed E-state index contributed by atoms with van der Waals surface area (Å²) < 4.78 is 5.15. The zero-order valence-corrected chi connectivity index (χ0v) is 12.0. The van der Waals surface area contributed by atoms with Crippen LogP contribution in [-0.4, -0.2) is 28.3 Å². The van der Waals surface area contributed by atoms with E-state index >= 15 is 0 Å². The normalized spacial score (nSPS) is 14.7. The van der Waals surface area contributed by atoms with Gasteiger partial charge in [0, 0.05) is 0 Å². The molecular weight excluding hydrogens is 234 g/mol. The van der Waals surface area contributed by atoms with Gasteiger partial charge in [0.05, 0.1) is 12.0 Å². The van der Waals surface area contributed by atoms with Gasteiger partial charge in [0.1, 0.15) is 5.60 Å². The molecule has 18 heavy (non-hydrogen) atoms. The Morgan fingerprint density at radius 2 is 1.78 bits per heavy atom. The molecule has 0 aromatic heterocycles. The summed E-state index contributed by atoms with van der Waals surface area (Å²) in [5.74, 6) is -0.926. The average Bonchev–Trinajstić information content (AvgIpc) is 2.09. The van der Waals surface area contributed by atoms with E-state index in [4.69, 9.17) is 9.84 Å². The van der Waals surface area contributed by atoms with Gasteiger partial charge in [0.25, 0.3) is 0 Å². The number of hydrogen-bond donors (Lipinski definition) is 2. The molecule has 0 fully saturated rings. The molecule has 1 unspecified atom stereocenters. The monoisotopic (exact) mass is 259 g/mol. The number of carboxylic acids is 1. The molecule has 106 valence electrons. The Balaban J connectivity index is 4.57. The van der Waals surface area contributed by atoms with Crippen molar-refractivity contribution in [3.8, 4) is 0 Å². The van der Waals surface area contributed by atoms with E-state index in [1.54, 1.807) is 27.7 Å². The van der Waals surface area contributed by atoms with Gasteiger partial charge in [0.2, 0.25) is 0 Å². The Labute approximate surface area is 109 Å². The summed E-state index contributed by atoms with van der Waals surface area (Å²) in [4.78, 5) is 22.5. The van der Waals surface area contributed by atoms with Crippen molar-refractivity contribution in [2.45, 2.75) is 71.4 Å². The van der Waals surface area contributed by atoms with Gasteiger partial charge in [-0.25, -0.2) is 4.79 Å². The summed E-state index contributed by atoms with van der Waals surface area (Å²) in [5.41, 5.74) is -1.34. The molecule has 0 saturated carbocycles. The van der Waals surface area contributed by atoms with E-state index in [1.807, 2.05) is 6.92 Å². The van der Waals surface area contributed by atoms with Gasteiger partial charge < -0.3 is 15.2 Å². The Bertz CT molecular complexity index is 296. The number of ether oxygens (including phenoxy) is 1. The van der Waals surface area contributed by atoms with Crippen LogP contribution in [0.15, 0.2) is 0 Å². The zero-order valence-electron chi connectivity index (χ0n) is 12.0. The Morgan fingerprint density at radius 1 is 1.22 bits per heavy atom. The molecule has 1 atom stereocenters. The maximum absolute atomic E-state index is 11.7. The van der Waals surface area contributed by atoms with Gasteiger partial charge >= 0.3 is 12.1 Å². The van der Waals surface area contributed by atoms with Crippen molar-refractivity contribution in [2.24, 2.45) is 0 Å². The highest BCUT2D eigenvalue weighted by atomic mass is 16.6. The molecule has 1 amide bonds. The summed E-state index contributed by atoms with van der Waals surface area (Å²) in [6.07, 6.45) is 1.76. The average molecular weight is 259 g/mol. The molecule has 0 aliphatic carbocycles. The number of unbranched alkanes of at least 4 members (excludes halogenated alkanes) is 1. The lowest BCUT2D eigenvalue weighted by Gasteiger charge is -2.30. The fraction of sp³-hybridized carbons (Fsp3) is 0.846. The van der Waals surface area contributed by atoms with Crippen molar-refractivity contribution in [1.29, 1.82) is 0 Å². The summed E-state index contributed by atoms with van der Waals surface area (Å²) in [6, 6.07) is 0. The van der Waals surface area contributed by atoms with E-state index in [2.05, 4.69) is 5.32 Å². The van der Waals surface area contributed by atoms with Gasteiger partial charge in [-0.15, -0.1) is 0 Å². The summed E-state index contributed by atoms with van der Waals surface area (Å²) in [7, 11) is 0. The fourth-order valence-electron chi connectivity index (χ4n) is 1.65. The van der Waals surface area contributed by atoms with Crippen LogP contribution in [0.2, 0.25) is 0 Å². The molecule has 0 bridgehead atoms. The highest BCUT2D eigenvalue weighted by Crippen LogP contribution is 2.19. The van der Waals surface area contributed by atoms with Gasteiger partial charge in [-0.1, -0.05) is 19.8 Å².